The molecule has 0 saturated heterocycles. The number of carbonyl (C=O) groups is 2. The van der Waals surface area contributed by atoms with Crippen LogP contribution in [0.3, 0.4) is 0 Å². The number of ketones is 1. The number of ether oxygens (including phenoxy) is 2. The Bertz CT molecular complexity index is 884. The van der Waals surface area contributed by atoms with Gasteiger partial charge in [0.1, 0.15) is 0 Å². The summed E-state index contributed by atoms with van der Waals surface area (Å²) in [7, 11) is 1.29. The van der Waals surface area contributed by atoms with E-state index >= 15 is 0 Å². The van der Waals surface area contributed by atoms with E-state index in [9.17, 15) is 18.4 Å². The van der Waals surface area contributed by atoms with Gasteiger partial charge in [-0.3, -0.25) is 9.59 Å². The van der Waals surface area contributed by atoms with Crippen LogP contribution in [0.15, 0.2) is 42.5 Å². The minimum atomic E-state index is -3.05. The van der Waals surface area contributed by atoms with Crippen LogP contribution in [-0.4, -0.2) is 25.4 Å². The van der Waals surface area contributed by atoms with Gasteiger partial charge in [0.2, 0.25) is 5.91 Å². The summed E-state index contributed by atoms with van der Waals surface area (Å²) in [4.78, 5) is 23.4. The minimum absolute atomic E-state index is 0.0163. The van der Waals surface area contributed by atoms with Gasteiger partial charge in [0.15, 0.2) is 17.3 Å². The molecule has 0 saturated carbocycles. The van der Waals surface area contributed by atoms with Crippen LogP contribution >= 0.6 is 11.6 Å². The van der Waals surface area contributed by atoms with Gasteiger partial charge in [-0.25, -0.2) is 0 Å². The van der Waals surface area contributed by atoms with Gasteiger partial charge in [-0.15, -0.1) is 0 Å². The summed E-state index contributed by atoms with van der Waals surface area (Å²) in [6.45, 7) is -1.68. The van der Waals surface area contributed by atoms with E-state index in [1.54, 1.807) is 24.3 Å². The van der Waals surface area contributed by atoms with Crippen LogP contribution < -0.4 is 14.8 Å². The van der Waals surface area contributed by atoms with Crippen LogP contribution in [-0.2, 0) is 4.79 Å². The first kappa shape index (κ1) is 20.4. The number of nitrogens with one attached hydrogen (secondary N) is 1. The molecule has 0 aliphatic heterocycles. The van der Waals surface area contributed by atoms with E-state index in [2.05, 4.69) is 10.1 Å². The van der Waals surface area contributed by atoms with E-state index in [1.165, 1.54) is 38.3 Å². The van der Waals surface area contributed by atoms with E-state index in [0.717, 1.165) is 0 Å². The van der Waals surface area contributed by atoms with Crippen LogP contribution in [0.1, 0.15) is 22.8 Å². The fourth-order valence-electron chi connectivity index (χ4n) is 2.26. The van der Waals surface area contributed by atoms with Gasteiger partial charge in [-0.1, -0.05) is 29.8 Å². The Morgan fingerprint density at radius 1 is 1.22 bits per heavy atom. The van der Waals surface area contributed by atoms with Crippen LogP contribution in [0.4, 0.5) is 14.5 Å². The van der Waals surface area contributed by atoms with Crippen molar-refractivity contribution in [3.63, 3.8) is 0 Å². The number of alkyl halides is 2. The Morgan fingerprint density at radius 2 is 1.96 bits per heavy atom. The monoisotopic (exact) mass is 395 g/mol. The largest absolute Gasteiger partial charge is 0.493 e. The predicted molar refractivity (Wildman–Crippen MR) is 98.7 cm³/mol. The Kier molecular flexibility index (Phi) is 6.90. The maximum atomic E-state index is 12.4. The molecule has 2 aromatic carbocycles. The van der Waals surface area contributed by atoms with Crippen molar-refractivity contribution < 1.29 is 27.8 Å². The maximum Gasteiger partial charge on any atom is 0.387 e. The van der Waals surface area contributed by atoms with Gasteiger partial charge in [0, 0.05) is 18.2 Å². The number of methoxy groups -OCH3 is 1. The van der Waals surface area contributed by atoms with Crippen molar-refractivity contribution in [1.29, 1.82) is 0 Å². The zero-order valence-electron chi connectivity index (χ0n) is 14.5. The Hall–Kier alpha value is -2.93. The lowest BCUT2D eigenvalue weighted by atomic mass is 10.1. The molecule has 0 heterocycles. The van der Waals surface area contributed by atoms with Gasteiger partial charge >= 0.3 is 6.61 Å². The van der Waals surface area contributed by atoms with Crippen LogP contribution in [0.2, 0.25) is 5.02 Å². The average Bonchev–Trinajstić information content (AvgIpc) is 2.60. The summed E-state index contributed by atoms with van der Waals surface area (Å²) in [5, 5.41) is 2.52. The molecular formula is C19H16ClF2NO4. The molecule has 0 bridgehead atoms. The van der Waals surface area contributed by atoms with E-state index in [1.807, 2.05) is 0 Å². The van der Waals surface area contributed by atoms with Gasteiger partial charge in [-0.2, -0.15) is 8.78 Å². The molecule has 0 fully saturated rings. The smallest absolute Gasteiger partial charge is 0.387 e. The maximum absolute atomic E-state index is 12.4. The van der Waals surface area contributed by atoms with E-state index in [0.29, 0.717) is 16.8 Å². The molecule has 2 rings (SSSR count). The third-order valence-corrected chi connectivity index (χ3v) is 3.63. The van der Waals surface area contributed by atoms with Crippen molar-refractivity contribution in [2.24, 2.45) is 0 Å². The second-order valence-corrected chi connectivity index (χ2v) is 5.78. The summed E-state index contributed by atoms with van der Waals surface area (Å²) in [6.07, 6.45) is 2.76. The highest BCUT2D eigenvalue weighted by Crippen LogP contribution is 2.37. The molecule has 142 valence electrons. The minimum Gasteiger partial charge on any atom is -0.493 e. The SMILES string of the molecule is COc1cc(/C=C/C(=O)c2cccc(NC(C)=O)c2)cc(Cl)c1OC(F)F. The molecule has 0 aliphatic rings. The molecule has 0 atom stereocenters. The van der Waals surface area contributed by atoms with Crippen LogP contribution in [0.25, 0.3) is 6.08 Å². The molecule has 1 N–H and O–H groups in total. The highest BCUT2D eigenvalue weighted by molar-refractivity contribution is 6.32. The summed E-state index contributed by atoms with van der Waals surface area (Å²) >= 11 is 5.96. The van der Waals surface area contributed by atoms with Crippen molar-refractivity contribution in [1.82, 2.24) is 0 Å². The van der Waals surface area contributed by atoms with Gasteiger partial charge in [-0.05, 0) is 35.9 Å². The first-order chi connectivity index (χ1) is 12.8. The van der Waals surface area contributed by atoms with Gasteiger partial charge in [0.25, 0.3) is 0 Å². The molecule has 0 aliphatic carbocycles. The number of hydrogen-bond acceptors (Lipinski definition) is 4. The average molecular weight is 396 g/mol. The molecule has 5 nitrogen and oxygen atoms in total. The van der Waals surface area contributed by atoms with Crippen molar-refractivity contribution >= 4 is 35.1 Å². The molecule has 0 radical (unpaired) electrons. The fourth-order valence-corrected chi connectivity index (χ4v) is 2.52. The lowest BCUT2D eigenvalue weighted by Crippen LogP contribution is -2.06. The number of benzene rings is 2. The predicted octanol–water partition coefficient (Wildman–Crippen LogP) is 4.80. The summed E-state index contributed by atoms with van der Waals surface area (Å²) < 4.78 is 34.3. The van der Waals surface area contributed by atoms with Crippen molar-refractivity contribution in [2.45, 2.75) is 13.5 Å². The fraction of sp³-hybridized carbons (Fsp3) is 0.158. The molecule has 0 aromatic heterocycles. The Balaban J connectivity index is 2.23. The molecule has 27 heavy (non-hydrogen) atoms. The molecule has 1 amide bonds. The van der Waals surface area contributed by atoms with Crippen LogP contribution in [0.5, 0.6) is 11.5 Å². The second-order valence-electron chi connectivity index (χ2n) is 5.37. The summed E-state index contributed by atoms with van der Waals surface area (Å²) in [6, 6.07) is 9.24. The van der Waals surface area contributed by atoms with Gasteiger partial charge < -0.3 is 14.8 Å². The number of halogens is 3. The molecule has 0 unspecified atom stereocenters. The highest BCUT2D eigenvalue weighted by atomic mass is 35.5. The second kappa shape index (κ2) is 9.14. The van der Waals surface area contributed by atoms with Crippen molar-refractivity contribution in [2.75, 3.05) is 12.4 Å². The van der Waals surface area contributed by atoms with Crippen LogP contribution in [0, 0.1) is 0 Å². The molecule has 2 aromatic rings. The van der Waals surface area contributed by atoms with Gasteiger partial charge in [0.05, 0.1) is 12.1 Å². The Labute approximate surface area is 159 Å². The number of carbonyl (C=O) groups excluding carboxylic acids is 2. The van der Waals surface area contributed by atoms with E-state index < -0.39 is 6.61 Å². The number of rotatable bonds is 7. The lowest BCUT2D eigenvalue weighted by molar-refractivity contribution is -0.114. The third kappa shape index (κ3) is 5.79. The number of amides is 1. The van der Waals surface area contributed by atoms with E-state index in [-0.39, 0.29) is 28.2 Å². The first-order valence-corrected chi connectivity index (χ1v) is 8.10. The Morgan fingerprint density at radius 3 is 2.59 bits per heavy atom. The number of allylic oxidation sites excluding steroid dienone is 1. The first-order valence-electron chi connectivity index (χ1n) is 7.72. The normalized spacial score (nSPS) is 10.9. The molecular weight excluding hydrogens is 380 g/mol. The quantitative estimate of drug-likeness (QED) is 0.540. The molecule has 0 spiro atoms. The summed E-state index contributed by atoms with van der Waals surface area (Å²) in [5.74, 6) is -0.823. The zero-order valence-corrected chi connectivity index (χ0v) is 15.2. The van der Waals surface area contributed by atoms with Crippen molar-refractivity contribution in [3.05, 3.63) is 58.6 Å². The lowest BCUT2D eigenvalue weighted by Gasteiger charge is -2.12. The van der Waals surface area contributed by atoms with E-state index in [4.69, 9.17) is 16.3 Å². The number of hydrogen-bond donors (Lipinski definition) is 1. The third-order valence-electron chi connectivity index (χ3n) is 3.35. The molecule has 8 heteroatoms. The highest BCUT2D eigenvalue weighted by Gasteiger charge is 2.15. The summed E-state index contributed by atoms with van der Waals surface area (Å²) in [5.41, 5.74) is 1.33. The standard InChI is InChI=1S/C19H16ClF2NO4/c1-11(24)23-14-5-3-4-13(10-14)16(25)7-6-12-8-15(20)18(27-19(21)22)17(9-12)26-2/h3-10,19H,1-2H3,(H,23,24)/b7-6+. The zero-order chi connectivity index (χ0) is 20.0. The number of anilines is 1. The van der Waals surface area contributed by atoms with Crippen molar-refractivity contribution in [3.8, 4) is 11.5 Å². The topological polar surface area (TPSA) is 64.6 Å².